The van der Waals surface area contributed by atoms with Gasteiger partial charge in [-0.15, -0.1) is 0 Å². The van der Waals surface area contributed by atoms with Crippen LogP contribution in [0.25, 0.3) is 11.3 Å². The maximum absolute atomic E-state index is 13.1. The van der Waals surface area contributed by atoms with Crippen molar-refractivity contribution in [2.75, 3.05) is 31.3 Å². The molecule has 9 heteroatoms. The van der Waals surface area contributed by atoms with E-state index in [-0.39, 0.29) is 19.1 Å². The van der Waals surface area contributed by atoms with Gasteiger partial charge in [0.25, 0.3) is 5.91 Å². The molecule has 1 amide bonds. The summed E-state index contributed by atoms with van der Waals surface area (Å²) in [6.07, 6.45) is 7.52. The number of aromatic nitrogens is 2. The molecule has 0 atom stereocenters. The van der Waals surface area contributed by atoms with Crippen LogP contribution < -0.4 is 10.1 Å². The van der Waals surface area contributed by atoms with Gasteiger partial charge in [-0.2, -0.15) is 4.31 Å². The number of likely N-dealkylation sites (N-methyl/N-ethyl adjacent to an activating group) is 1. The van der Waals surface area contributed by atoms with Gasteiger partial charge in [0, 0.05) is 42.4 Å². The van der Waals surface area contributed by atoms with E-state index in [2.05, 4.69) is 21.4 Å². The van der Waals surface area contributed by atoms with Crippen LogP contribution in [0.1, 0.15) is 35.0 Å². The van der Waals surface area contributed by atoms with E-state index in [4.69, 9.17) is 4.74 Å². The number of amides is 1. The Balaban J connectivity index is 1.42. The lowest BCUT2D eigenvalue weighted by Gasteiger charge is -2.18. The minimum Gasteiger partial charge on any atom is -0.492 e. The van der Waals surface area contributed by atoms with Crippen molar-refractivity contribution in [3.8, 4) is 17.0 Å². The highest BCUT2D eigenvalue weighted by molar-refractivity contribution is 7.88. The number of carbonyl (C=O) groups is 1. The molecule has 0 bridgehead atoms. The minimum absolute atomic E-state index is 0.202. The molecule has 0 saturated carbocycles. The van der Waals surface area contributed by atoms with Gasteiger partial charge in [-0.05, 0) is 55.2 Å². The zero-order valence-electron chi connectivity index (χ0n) is 18.8. The molecule has 0 unspecified atom stereocenters. The van der Waals surface area contributed by atoms with E-state index in [9.17, 15) is 13.2 Å². The monoisotopic (exact) mass is 468 g/mol. The number of hydrogen-bond donors (Lipinski definition) is 2. The summed E-state index contributed by atoms with van der Waals surface area (Å²) < 4.78 is 30.3. The van der Waals surface area contributed by atoms with Crippen molar-refractivity contribution in [1.82, 2.24) is 14.3 Å². The quantitative estimate of drug-likeness (QED) is 0.527. The molecule has 0 saturated heterocycles. The van der Waals surface area contributed by atoms with Crippen molar-refractivity contribution in [1.29, 1.82) is 0 Å². The molecule has 33 heavy (non-hydrogen) atoms. The van der Waals surface area contributed by atoms with Gasteiger partial charge in [-0.25, -0.2) is 8.42 Å². The molecule has 1 aliphatic rings. The molecule has 3 aromatic rings. The van der Waals surface area contributed by atoms with Crippen molar-refractivity contribution in [2.24, 2.45) is 0 Å². The molecule has 1 aromatic carbocycles. The van der Waals surface area contributed by atoms with E-state index < -0.39 is 10.0 Å². The molecule has 2 N–H and O–H groups in total. The van der Waals surface area contributed by atoms with Crippen molar-refractivity contribution in [3.63, 3.8) is 0 Å². The zero-order chi connectivity index (χ0) is 23.4. The minimum atomic E-state index is -3.24. The first-order valence-corrected chi connectivity index (χ1v) is 12.9. The second-order valence-corrected chi connectivity index (χ2v) is 9.98. The van der Waals surface area contributed by atoms with Crippen LogP contribution >= 0.6 is 0 Å². The Kier molecular flexibility index (Phi) is 6.80. The number of fused-ring (bicyclic) bond motifs is 3. The predicted octanol–water partition coefficient (Wildman–Crippen LogP) is 3.48. The summed E-state index contributed by atoms with van der Waals surface area (Å²) in [7, 11) is -3.24. The van der Waals surface area contributed by atoms with Gasteiger partial charge in [0.2, 0.25) is 10.0 Å². The van der Waals surface area contributed by atoms with E-state index in [0.717, 1.165) is 41.8 Å². The van der Waals surface area contributed by atoms with Gasteiger partial charge in [0.15, 0.2) is 0 Å². The standard InChI is InChI=1S/C24H28N4O4S/c1-3-28(33(2,30)31)14-15-32-19-11-9-18(10-12-19)27-24(29)20-16-26-21-8-4-6-17-7-5-13-25-23(17)22(20)21/h5,7,9-13,16,26H,3-4,6,8,14-15H2,1-2H3,(H,27,29). The number of hydrogen-bond acceptors (Lipinski definition) is 5. The first-order chi connectivity index (χ1) is 15.9. The fourth-order valence-electron chi connectivity index (χ4n) is 4.09. The highest BCUT2D eigenvalue weighted by atomic mass is 32.2. The van der Waals surface area contributed by atoms with Crippen LogP contribution in [0.4, 0.5) is 5.69 Å². The molecule has 1 aliphatic carbocycles. The van der Waals surface area contributed by atoms with Crippen molar-refractivity contribution >= 4 is 21.6 Å². The average Bonchev–Trinajstić information content (AvgIpc) is 3.12. The number of ether oxygens (including phenoxy) is 1. The number of anilines is 1. The van der Waals surface area contributed by atoms with Crippen LogP contribution in [0.3, 0.4) is 0 Å². The molecular formula is C24H28N4O4S. The molecule has 2 aromatic heterocycles. The highest BCUT2D eigenvalue weighted by Gasteiger charge is 2.24. The molecule has 174 valence electrons. The summed E-state index contributed by atoms with van der Waals surface area (Å²) >= 11 is 0. The largest absolute Gasteiger partial charge is 0.492 e. The Morgan fingerprint density at radius 2 is 2.00 bits per heavy atom. The molecule has 0 fully saturated rings. The van der Waals surface area contributed by atoms with Gasteiger partial charge in [-0.3, -0.25) is 9.78 Å². The number of sulfonamides is 1. The number of benzene rings is 1. The van der Waals surface area contributed by atoms with Crippen LogP contribution in [0.15, 0.2) is 48.8 Å². The second kappa shape index (κ2) is 9.76. The van der Waals surface area contributed by atoms with Gasteiger partial charge in [0.05, 0.1) is 17.5 Å². The summed E-state index contributed by atoms with van der Waals surface area (Å²) in [5, 5.41) is 2.95. The molecule has 8 nitrogen and oxygen atoms in total. The van der Waals surface area contributed by atoms with Gasteiger partial charge >= 0.3 is 0 Å². The van der Waals surface area contributed by atoms with Crippen LogP contribution in [-0.4, -0.2) is 54.6 Å². The first-order valence-electron chi connectivity index (χ1n) is 11.0. The number of aryl methyl sites for hydroxylation is 2. The highest BCUT2D eigenvalue weighted by Crippen LogP contribution is 2.33. The number of nitrogens with zero attached hydrogens (tertiary/aromatic N) is 2. The zero-order valence-corrected chi connectivity index (χ0v) is 19.6. The molecule has 2 heterocycles. The Hall–Kier alpha value is -3.17. The van der Waals surface area contributed by atoms with E-state index in [1.165, 1.54) is 10.6 Å². The van der Waals surface area contributed by atoms with Crippen LogP contribution in [0, 0.1) is 0 Å². The lowest BCUT2D eigenvalue weighted by atomic mass is 10.0. The SMILES string of the molecule is CCN(CCOc1ccc(NC(=O)c2c[nH]c3c2-c2ncccc2CCC3)cc1)S(C)(=O)=O. The van der Waals surface area contributed by atoms with Crippen LogP contribution in [0.2, 0.25) is 0 Å². The summed E-state index contributed by atoms with van der Waals surface area (Å²) in [4.78, 5) is 20.9. The molecular weight excluding hydrogens is 440 g/mol. The maximum atomic E-state index is 13.1. The fraction of sp³-hybridized carbons (Fsp3) is 0.333. The van der Waals surface area contributed by atoms with Gasteiger partial charge < -0.3 is 15.0 Å². The third-order valence-electron chi connectivity index (χ3n) is 5.75. The Bertz CT molecular complexity index is 1240. The lowest BCUT2D eigenvalue weighted by Crippen LogP contribution is -2.33. The van der Waals surface area contributed by atoms with Crippen molar-refractivity contribution in [3.05, 3.63) is 65.6 Å². The average molecular weight is 469 g/mol. The smallest absolute Gasteiger partial charge is 0.257 e. The predicted molar refractivity (Wildman–Crippen MR) is 128 cm³/mol. The first kappa shape index (κ1) is 23.0. The second-order valence-electron chi connectivity index (χ2n) is 8.00. The normalized spacial score (nSPS) is 13.2. The number of rotatable bonds is 8. The van der Waals surface area contributed by atoms with Crippen molar-refractivity contribution in [2.45, 2.75) is 26.2 Å². The van der Waals surface area contributed by atoms with E-state index in [1.54, 1.807) is 43.6 Å². The van der Waals surface area contributed by atoms with E-state index >= 15 is 0 Å². The topological polar surface area (TPSA) is 104 Å². The van der Waals surface area contributed by atoms with Crippen molar-refractivity contribution < 1.29 is 17.9 Å². The maximum Gasteiger partial charge on any atom is 0.257 e. The Morgan fingerprint density at radius 1 is 1.21 bits per heavy atom. The van der Waals surface area contributed by atoms with Crippen LogP contribution in [0.5, 0.6) is 5.75 Å². The molecule has 0 spiro atoms. The van der Waals surface area contributed by atoms with E-state index in [0.29, 0.717) is 23.5 Å². The molecule has 4 rings (SSSR count). The fourth-order valence-corrected chi connectivity index (χ4v) is 4.97. The number of carbonyl (C=O) groups excluding carboxylic acids is 1. The Morgan fingerprint density at radius 3 is 2.73 bits per heavy atom. The third-order valence-corrected chi connectivity index (χ3v) is 7.13. The summed E-state index contributed by atoms with van der Waals surface area (Å²) in [6.45, 7) is 2.71. The van der Waals surface area contributed by atoms with Gasteiger partial charge in [-0.1, -0.05) is 13.0 Å². The number of H-pyrrole nitrogens is 1. The lowest BCUT2D eigenvalue weighted by molar-refractivity contribution is 0.102. The van der Waals surface area contributed by atoms with E-state index in [1.807, 2.05) is 6.07 Å². The molecule has 0 radical (unpaired) electrons. The summed E-state index contributed by atoms with van der Waals surface area (Å²) in [5.74, 6) is 0.401. The molecule has 0 aliphatic heterocycles. The number of pyridine rings is 1. The number of aromatic amines is 1. The van der Waals surface area contributed by atoms with Gasteiger partial charge in [0.1, 0.15) is 12.4 Å². The number of nitrogens with one attached hydrogen (secondary N) is 2. The van der Waals surface area contributed by atoms with Crippen LogP contribution in [-0.2, 0) is 22.9 Å². The Labute approximate surface area is 194 Å². The summed E-state index contributed by atoms with van der Waals surface area (Å²) in [5.41, 5.74) is 5.17. The third kappa shape index (κ3) is 5.26. The summed E-state index contributed by atoms with van der Waals surface area (Å²) in [6, 6.07) is 11.0.